The van der Waals surface area contributed by atoms with E-state index in [0.717, 1.165) is 0 Å². The SMILES string of the molecule is [B]C(C)(C)C.c1ccc(-c2ccccc2)cc1. The Morgan fingerprint density at radius 3 is 1.12 bits per heavy atom. The van der Waals surface area contributed by atoms with Crippen molar-refractivity contribution in [1.29, 1.82) is 0 Å². The predicted molar refractivity (Wildman–Crippen MR) is 77.3 cm³/mol. The minimum Gasteiger partial charge on any atom is -0.0744 e. The Morgan fingerprint density at radius 1 is 0.647 bits per heavy atom. The van der Waals surface area contributed by atoms with Crippen LogP contribution in [0.5, 0.6) is 0 Å². The van der Waals surface area contributed by atoms with E-state index in [2.05, 4.69) is 48.5 Å². The molecule has 0 aromatic heterocycles. The van der Waals surface area contributed by atoms with Crippen molar-refractivity contribution < 1.29 is 0 Å². The Morgan fingerprint density at radius 2 is 0.882 bits per heavy atom. The van der Waals surface area contributed by atoms with Crippen LogP contribution in [0.25, 0.3) is 11.1 Å². The van der Waals surface area contributed by atoms with E-state index in [0.29, 0.717) is 0 Å². The van der Waals surface area contributed by atoms with E-state index in [1.165, 1.54) is 11.1 Å². The van der Waals surface area contributed by atoms with Gasteiger partial charge in [-0.25, -0.2) is 0 Å². The molecule has 0 aliphatic rings. The summed E-state index contributed by atoms with van der Waals surface area (Å²) >= 11 is 0. The first-order valence-electron chi connectivity index (χ1n) is 5.86. The maximum atomic E-state index is 5.35. The summed E-state index contributed by atoms with van der Waals surface area (Å²) < 4.78 is 0. The molecule has 86 valence electrons. The van der Waals surface area contributed by atoms with Gasteiger partial charge in [0, 0.05) is 0 Å². The smallest absolute Gasteiger partial charge is 0.0735 e. The summed E-state index contributed by atoms with van der Waals surface area (Å²) in [6, 6.07) is 20.8. The number of rotatable bonds is 1. The van der Waals surface area contributed by atoms with Gasteiger partial charge in [0.2, 0.25) is 0 Å². The van der Waals surface area contributed by atoms with Gasteiger partial charge in [0.15, 0.2) is 0 Å². The minimum absolute atomic E-state index is 0. The van der Waals surface area contributed by atoms with Crippen molar-refractivity contribution >= 4 is 7.85 Å². The van der Waals surface area contributed by atoms with Crippen LogP contribution >= 0.6 is 0 Å². The molecular weight excluding hydrogens is 203 g/mol. The molecule has 2 rings (SSSR count). The van der Waals surface area contributed by atoms with Crippen molar-refractivity contribution in [2.45, 2.75) is 26.1 Å². The molecule has 2 aromatic carbocycles. The molecule has 17 heavy (non-hydrogen) atoms. The van der Waals surface area contributed by atoms with E-state index >= 15 is 0 Å². The second-order valence-electron chi connectivity index (χ2n) is 5.10. The molecule has 2 radical (unpaired) electrons. The van der Waals surface area contributed by atoms with Crippen LogP contribution in [0.1, 0.15) is 20.8 Å². The third-order valence-corrected chi connectivity index (χ3v) is 1.88. The fourth-order valence-electron chi connectivity index (χ4n) is 1.26. The number of benzene rings is 2. The normalized spacial score (nSPS) is 10.3. The van der Waals surface area contributed by atoms with Crippen molar-refractivity contribution in [2.75, 3.05) is 0 Å². The minimum atomic E-state index is 0. The lowest BCUT2D eigenvalue weighted by Gasteiger charge is -2.05. The maximum absolute atomic E-state index is 5.35. The summed E-state index contributed by atoms with van der Waals surface area (Å²) in [5.41, 5.74) is 2.55. The van der Waals surface area contributed by atoms with E-state index in [4.69, 9.17) is 7.85 Å². The van der Waals surface area contributed by atoms with E-state index in [1.54, 1.807) is 0 Å². The first-order valence-corrected chi connectivity index (χ1v) is 5.86. The molecule has 0 unspecified atom stereocenters. The third kappa shape index (κ3) is 6.62. The molecular formula is C16H19B. The Labute approximate surface area is 106 Å². The highest BCUT2D eigenvalue weighted by molar-refractivity contribution is 6.14. The van der Waals surface area contributed by atoms with Gasteiger partial charge in [0.1, 0.15) is 0 Å². The molecule has 0 amide bonds. The fraction of sp³-hybridized carbons (Fsp3) is 0.250. The van der Waals surface area contributed by atoms with Crippen LogP contribution in [0, 0.1) is 0 Å². The molecule has 0 N–H and O–H groups in total. The van der Waals surface area contributed by atoms with Crippen LogP contribution in [-0.2, 0) is 0 Å². The summed E-state index contributed by atoms with van der Waals surface area (Å²) in [6.07, 6.45) is 0. The Kier molecular flexibility index (Phi) is 5.02. The molecule has 0 spiro atoms. The van der Waals surface area contributed by atoms with Crippen molar-refractivity contribution in [3.05, 3.63) is 60.7 Å². The molecule has 0 bridgehead atoms. The van der Waals surface area contributed by atoms with Crippen LogP contribution in [0.4, 0.5) is 0 Å². The van der Waals surface area contributed by atoms with Crippen LogP contribution in [0.3, 0.4) is 0 Å². The van der Waals surface area contributed by atoms with Gasteiger partial charge >= 0.3 is 0 Å². The lowest BCUT2D eigenvalue weighted by atomic mass is 9.75. The van der Waals surface area contributed by atoms with E-state index < -0.39 is 0 Å². The Hall–Kier alpha value is -1.50. The third-order valence-electron chi connectivity index (χ3n) is 1.88. The van der Waals surface area contributed by atoms with Crippen molar-refractivity contribution in [3.63, 3.8) is 0 Å². The van der Waals surface area contributed by atoms with Gasteiger partial charge in [0.05, 0.1) is 7.85 Å². The molecule has 0 heterocycles. The summed E-state index contributed by atoms with van der Waals surface area (Å²) in [7, 11) is 5.35. The predicted octanol–water partition coefficient (Wildman–Crippen LogP) is 4.73. The first-order chi connectivity index (χ1) is 7.97. The zero-order valence-electron chi connectivity index (χ0n) is 10.9. The van der Waals surface area contributed by atoms with E-state index in [9.17, 15) is 0 Å². The highest BCUT2D eigenvalue weighted by Gasteiger charge is 1.95. The number of hydrogen-bond acceptors (Lipinski definition) is 0. The van der Waals surface area contributed by atoms with Gasteiger partial charge in [-0.1, -0.05) is 86.7 Å². The Bertz CT molecular complexity index is 369. The molecule has 1 heteroatoms. The topological polar surface area (TPSA) is 0 Å². The van der Waals surface area contributed by atoms with Gasteiger partial charge in [-0.3, -0.25) is 0 Å². The quantitative estimate of drug-likeness (QED) is 0.612. The largest absolute Gasteiger partial charge is 0.0744 e. The standard InChI is InChI=1S/C12H10.C4H9B/c1-3-7-11(8-4-1)12-9-5-2-6-10-12;1-4(2,3)5/h1-10H;1-3H3. The molecule has 0 nitrogen and oxygen atoms in total. The van der Waals surface area contributed by atoms with Gasteiger partial charge in [-0.15, -0.1) is 0 Å². The van der Waals surface area contributed by atoms with Gasteiger partial charge in [0.25, 0.3) is 0 Å². The van der Waals surface area contributed by atoms with E-state index in [-0.39, 0.29) is 5.31 Å². The number of hydrogen-bond donors (Lipinski definition) is 0. The van der Waals surface area contributed by atoms with Crippen molar-refractivity contribution in [2.24, 2.45) is 0 Å². The molecule has 2 aromatic rings. The average Bonchev–Trinajstić information content (AvgIpc) is 2.29. The van der Waals surface area contributed by atoms with Crippen molar-refractivity contribution in [1.82, 2.24) is 0 Å². The average molecular weight is 222 g/mol. The second-order valence-corrected chi connectivity index (χ2v) is 5.10. The molecule has 0 aliphatic heterocycles. The van der Waals surface area contributed by atoms with Crippen LogP contribution in [-0.4, -0.2) is 7.85 Å². The second kappa shape index (κ2) is 6.29. The van der Waals surface area contributed by atoms with Crippen LogP contribution < -0.4 is 0 Å². The molecule has 0 saturated carbocycles. The first kappa shape index (κ1) is 13.6. The van der Waals surface area contributed by atoms with Crippen molar-refractivity contribution in [3.8, 4) is 11.1 Å². The summed E-state index contributed by atoms with van der Waals surface area (Å²) in [6.45, 7) is 5.90. The van der Waals surface area contributed by atoms with Crippen LogP contribution in [0.2, 0.25) is 5.31 Å². The lowest BCUT2D eigenvalue weighted by Crippen LogP contribution is -1.90. The summed E-state index contributed by atoms with van der Waals surface area (Å²) in [5, 5.41) is 0. The maximum Gasteiger partial charge on any atom is 0.0735 e. The zero-order valence-corrected chi connectivity index (χ0v) is 10.9. The molecule has 0 fully saturated rings. The fourth-order valence-corrected chi connectivity index (χ4v) is 1.26. The summed E-state index contributed by atoms with van der Waals surface area (Å²) in [4.78, 5) is 0. The zero-order chi connectivity index (χ0) is 12.7. The Balaban J connectivity index is 0.000000249. The summed E-state index contributed by atoms with van der Waals surface area (Å²) in [5.74, 6) is 0. The van der Waals surface area contributed by atoms with Gasteiger partial charge < -0.3 is 0 Å². The molecule has 0 atom stereocenters. The lowest BCUT2D eigenvalue weighted by molar-refractivity contribution is 0.767. The van der Waals surface area contributed by atoms with E-state index in [1.807, 2.05) is 32.9 Å². The van der Waals surface area contributed by atoms with Crippen LogP contribution in [0.15, 0.2) is 60.7 Å². The molecule has 0 saturated heterocycles. The highest BCUT2D eigenvalue weighted by Crippen LogP contribution is 2.17. The monoisotopic (exact) mass is 222 g/mol. The van der Waals surface area contributed by atoms with Gasteiger partial charge in [-0.2, -0.15) is 0 Å². The van der Waals surface area contributed by atoms with Gasteiger partial charge in [-0.05, 0) is 11.1 Å². The highest BCUT2D eigenvalue weighted by atomic mass is 14.0. The molecule has 0 aliphatic carbocycles.